The Kier molecular flexibility index (Phi) is 5.57. The maximum Gasteiger partial charge on any atom is 0.129 e. The van der Waals surface area contributed by atoms with Crippen LogP contribution in [0.15, 0.2) is 11.6 Å². The Morgan fingerprint density at radius 2 is 1.96 bits per heavy atom. The van der Waals surface area contributed by atoms with Gasteiger partial charge in [-0.2, -0.15) is 0 Å². The van der Waals surface area contributed by atoms with Gasteiger partial charge in [0.05, 0.1) is 6.10 Å². The summed E-state index contributed by atoms with van der Waals surface area (Å²) in [6.07, 6.45) is 15.5. The summed E-state index contributed by atoms with van der Waals surface area (Å²) in [6, 6.07) is 0. The van der Waals surface area contributed by atoms with Crippen molar-refractivity contribution in [3.8, 4) is 0 Å². The first-order chi connectivity index (χ1) is 13.3. The van der Waals surface area contributed by atoms with Crippen molar-refractivity contribution in [2.45, 2.75) is 104 Å². The number of aliphatic hydroxyl groups is 1. The topological polar surface area (TPSA) is 37.3 Å². The van der Waals surface area contributed by atoms with E-state index in [0.29, 0.717) is 16.6 Å². The van der Waals surface area contributed by atoms with Crippen LogP contribution in [0.25, 0.3) is 0 Å². The summed E-state index contributed by atoms with van der Waals surface area (Å²) in [7, 11) is 0. The van der Waals surface area contributed by atoms with Crippen molar-refractivity contribution in [2.24, 2.45) is 40.4 Å². The van der Waals surface area contributed by atoms with Gasteiger partial charge < -0.3 is 9.90 Å². The van der Waals surface area contributed by atoms with Gasteiger partial charge in [0.1, 0.15) is 5.78 Å². The SMILES string of the molecule is CC(=O)CCC[C@@H](C)[C@H]1CC[C@@H]2[C@@H]3CC=C4C[C@@H](O)CC[C@]4(C)[C@@H]3CC[C@@]21C. The van der Waals surface area contributed by atoms with E-state index in [1.165, 1.54) is 44.9 Å². The molecule has 0 aromatic rings. The zero-order valence-corrected chi connectivity index (χ0v) is 18.7. The molecule has 0 amide bonds. The monoisotopic (exact) mass is 386 g/mol. The summed E-state index contributed by atoms with van der Waals surface area (Å²) >= 11 is 0. The molecule has 0 aromatic carbocycles. The molecule has 1 N–H and O–H groups in total. The molecular formula is C26H42O2. The highest BCUT2D eigenvalue weighted by molar-refractivity contribution is 5.75. The summed E-state index contributed by atoms with van der Waals surface area (Å²) in [5, 5.41) is 10.2. The van der Waals surface area contributed by atoms with E-state index in [9.17, 15) is 9.90 Å². The predicted molar refractivity (Wildman–Crippen MR) is 115 cm³/mol. The zero-order chi connectivity index (χ0) is 20.1. The maximum atomic E-state index is 11.3. The van der Waals surface area contributed by atoms with E-state index in [-0.39, 0.29) is 6.10 Å². The van der Waals surface area contributed by atoms with E-state index in [1.54, 1.807) is 12.5 Å². The van der Waals surface area contributed by atoms with Gasteiger partial charge in [0.2, 0.25) is 0 Å². The number of hydrogen-bond acceptors (Lipinski definition) is 2. The Hall–Kier alpha value is -0.630. The molecular weight excluding hydrogens is 344 g/mol. The Morgan fingerprint density at radius 1 is 1.18 bits per heavy atom. The Bertz CT molecular complexity index is 636. The fourth-order valence-electron chi connectivity index (χ4n) is 8.49. The van der Waals surface area contributed by atoms with Crippen LogP contribution in [0.4, 0.5) is 0 Å². The average molecular weight is 387 g/mol. The average Bonchev–Trinajstić information content (AvgIpc) is 2.99. The molecule has 8 atom stereocenters. The van der Waals surface area contributed by atoms with Crippen molar-refractivity contribution in [1.29, 1.82) is 0 Å². The molecule has 4 aliphatic carbocycles. The van der Waals surface area contributed by atoms with E-state index in [1.807, 2.05) is 0 Å². The van der Waals surface area contributed by atoms with Crippen LogP contribution in [-0.2, 0) is 4.79 Å². The molecule has 0 aromatic heterocycles. The van der Waals surface area contributed by atoms with Crippen LogP contribution in [0, 0.1) is 40.4 Å². The Balaban J connectivity index is 1.50. The van der Waals surface area contributed by atoms with Crippen molar-refractivity contribution in [3.63, 3.8) is 0 Å². The number of fused-ring (bicyclic) bond motifs is 5. The third-order valence-electron chi connectivity index (χ3n) is 10.0. The Morgan fingerprint density at radius 3 is 2.71 bits per heavy atom. The predicted octanol–water partition coefficient (Wildman–Crippen LogP) is 6.32. The number of ketones is 1. The number of carbonyl (C=O) groups excluding carboxylic acids is 1. The standard InChI is InChI=1S/C26H42O2/c1-17(6-5-7-18(2)27)22-10-11-23-21-9-8-19-16-20(28)12-14-25(19,3)24(21)13-15-26(22,23)4/h8,17,20-24,28H,5-7,9-16H2,1-4H3/t17-,20+,21+,22-,23-,24-,25+,26-/m1/s1. The minimum absolute atomic E-state index is 0.101. The largest absolute Gasteiger partial charge is 0.393 e. The number of hydrogen-bond donors (Lipinski definition) is 1. The second-order valence-corrected chi connectivity index (χ2v) is 11.5. The molecule has 2 heteroatoms. The van der Waals surface area contributed by atoms with Gasteiger partial charge in [0.25, 0.3) is 0 Å². The Labute approximate surface area is 172 Å². The minimum atomic E-state index is -0.101. The maximum absolute atomic E-state index is 11.3. The second-order valence-electron chi connectivity index (χ2n) is 11.5. The summed E-state index contributed by atoms with van der Waals surface area (Å²) in [4.78, 5) is 11.3. The summed E-state index contributed by atoms with van der Waals surface area (Å²) in [6.45, 7) is 9.35. The first-order valence-electron chi connectivity index (χ1n) is 12.1. The molecule has 0 radical (unpaired) electrons. The van der Waals surface area contributed by atoms with Crippen molar-refractivity contribution in [1.82, 2.24) is 0 Å². The fraction of sp³-hybridized carbons (Fsp3) is 0.885. The molecule has 28 heavy (non-hydrogen) atoms. The van der Waals surface area contributed by atoms with Gasteiger partial charge in [0.15, 0.2) is 0 Å². The lowest BCUT2D eigenvalue weighted by Crippen LogP contribution is -2.50. The van der Waals surface area contributed by atoms with E-state index in [0.717, 1.165) is 55.3 Å². The molecule has 0 bridgehead atoms. The molecule has 2 nitrogen and oxygen atoms in total. The van der Waals surface area contributed by atoms with Crippen LogP contribution in [0.1, 0.15) is 98.3 Å². The normalized spacial score (nSPS) is 46.2. The quantitative estimate of drug-likeness (QED) is 0.561. The van der Waals surface area contributed by atoms with Gasteiger partial charge >= 0.3 is 0 Å². The van der Waals surface area contributed by atoms with Gasteiger partial charge in [-0.15, -0.1) is 0 Å². The van der Waals surface area contributed by atoms with E-state index in [4.69, 9.17) is 0 Å². The second kappa shape index (κ2) is 7.56. The number of rotatable bonds is 5. The number of Topliss-reactive ketones (excluding diaryl/α,β-unsaturated/α-hetero) is 1. The van der Waals surface area contributed by atoms with Crippen molar-refractivity contribution >= 4 is 5.78 Å². The third-order valence-corrected chi connectivity index (χ3v) is 10.0. The highest BCUT2D eigenvalue weighted by Crippen LogP contribution is 2.67. The van der Waals surface area contributed by atoms with E-state index in [2.05, 4.69) is 26.8 Å². The molecule has 0 saturated heterocycles. The number of carbonyl (C=O) groups is 1. The summed E-state index contributed by atoms with van der Waals surface area (Å²) < 4.78 is 0. The molecule has 4 rings (SSSR count). The summed E-state index contributed by atoms with van der Waals surface area (Å²) in [5.74, 6) is 4.52. The van der Waals surface area contributed by atoms with E-state index >= 15 is 0 Å². The van der Waals surface area contributed by atoms with Crippen molar-refractivity contribution in [3.05, 3.63) is 11.6 Å². The zero-order valence-electron chi connectivity index (χ0n) is 18.7. The van der Waals surface area contributed by atoms with Gasteiger partial charge in [-0.3, -0.25) is 0 Å². The lowest BCUT2D eigenvalue weighted by atomic mass is 9.47. The minimum Gasteiger partial charge on any atom is -0.393 e. The van der Waals surface area contributed by atoms with Gasteiger partial charge in [-0.25, -0.2) is 0 Å². The van der Waals surface area contributed by atoms with Crippen LogP contribution < -0.4 is 0 Å². The molecule has 0 heterocycles. The lowest BCUT2D eigenvalue weighted by Gasteiger charge is -2.58. The smallest absolute Gasteiger partial charge is 0.129 e. The molecule has 3 saturated carbocycles. The van der Waals surface area contributed by atoms with Gasteiger partial charge in [0, 0.05) is 6.42 Å². The first kappa shape index (κ1) is 20.6. The van der Waals surface area contributed by atoms with Gasteiger partial charge in [-0.1, -0.05) is 38.8 Å². The molecule has 4 aliphatic rings. The van der Waals surface area contributed by atoms with Crippen molar-refractivity contribution in [2.75, 3.05) is 0 Å². The fourth-order valence-corrected chi connectivity index (χ4v) is 8.49. The molecule has 0 spiro atoms. The number of allylic oxidation sites excluding steroid dienone is 1. The van der Waals surface area contributed by atoms with Crippen LogP contribution in [-0.4, -0.2) is 17.0 Å². The third kappa shape index (κ3) is 3.32. The van der Waals surface area contributed by atoms with Crippen LogP contribution in [0.5, 0.6) is 0 Å². The first-order valence-corrected chi connectivity index (χ1v) is 12.1. The van der Waals surface area contributed by atoms with E-state index < -0.39 is 0 Å². The highest BCUT2D eigenvalue weighted by atomic mass is 16.3. The molecule has 3 fully saturated rings. The highest BCUT2D eigenvalue weighted by Gasteiger charge is 2.59. The van der Waals surface area contributed by atoms with Gasteiger partial charge in [-0.05, 0) is 105 Å². The number of aliphatic hydroxyl groups excluding tert-OH is 1. The van der Waals surface area contributed by atoms with Crippen molar-refractivity contribution < 1.29 is 9.90 Å². The van der Waals surface area contributed by atoms with Crippen LogP contribution >= 0.6 is 0 Å². The van der Waals surface area contributed by atoms with Crippen LogP contribution in [0.2, 0.25) is 0 Å². The summed E-state index contributed by atoms with van der Waals surface area (Å²) in [5.41, 5.74) is 2.45. The lowest BCUT2D eigenvalue weighted by molar-refractivity contribution is -0.117. The molecule has 0 aliphatic heterocycles. The van der Waals surface area contributed by atoms with Crippen LogP contribution in [0.3, 0.4) is 0 Å². The molecule has 158 valence electrons. The molecule has 0 unspecified atom stereocenters.